The van der Waals surface area contributed by atoms with Crippen LogP contribution in [0.3, 0.4) is 0 Å². The predicted molar refractivity (Wildman–Crippen MR) is 81.6 cm³/mol. The van der Waals surface area contributed by atoms with Crippen molar-refractivity contribution >= 4 is 17.5 Å². The lowest BCUT2D eigenvalue weighted by molar-refractivity contribution is 0.0696. The number of carbonyl (C=O) groups is 1. The summed E-state index contributed by atoms with van der Waals surface area (Å²) in [5.41, 5.74) is 1.91. The average molecular weight is 286 g/mol. The van der Waals surface area contributed by atoms with E-state index >= 15 is 0 Å². The van der Waals surface area contributed by atoms with Crippen molar-refractivity contribution in [1.29, 1.82) is 0 Å². The van der Waals surface area contributed by atoms with E-state index in [2.05, 4.69) is 4.98 Å². The van der Waals surface area contributed by atoms with E-state index in [9.17, 15) is 9.90 Å². The zero-order chi connectivity index (χ0) is 15.4. The number of hydrogen-bond acceptors (Lipinski definition) is 4. The van der Waals surface area contributed by atoms with Crippen LogP contribution in [0.1, 0.15) is 23.0 Å². The number of rotatable bonds is 5. The third-order valence-corrected chi connectivity index (χ3v) is 3.28. The van der Waals surface area contributed by atoms with E-state index < -0.39 is 5.97 Å². The van der Waals surface area contributed by atoms with E-state index in [-0.39, 0.29) is 5.56 Å². The van der Waals surface area contributed by atoms with Crippen molar-refractivity contribution in [1.82, 2.24) is 4.98 Å². The van der Waals surface area contributed by atoms with Crippen LogP contribution in [0.5, 0.6) is 5.75 Å². The van der Waals surface area contributed by atoms with Crippen molar-refractivity contribution < 1.29 is 14.6 Å². The molecule has 0 amide bonds. The molecule has 0 unspecified atom stereocenters. The van der Waals surface area contributed by atoms with Gasteiger partial charge in [-0.05, 0) is 42.8 Å². The van der Waals surface area contributed by atoms with Gasteiger partial charge in [-0.25, -0.2) is 9.78 Å². The molecule has 0 saturated carbocycles. The quantitative estimate of drug-likeness (QED) is 0.915. The summed E-state index contributed by atoms with van der Waals surface area (Å²) in [7, 11) is 3.47. The first kappa shape index (κ1) is 14.8. The maximum Gasteiger partial charge on any atom is 0.335 e. The number of pyridine rings is 1. The molecule has 0 saturated heterocycles. The van der Waals surface area contributed by atoms with Gasteiger partial charge in [-0.3, -0.25) is 0 Å². The number of methoxy groups -OCH3 is 1. The summed E-state index contributed by atoms with van der Waals surface area (Å²) in [5.74, 6) is 0.432. The molecule has 1 aromatic carbocycles. The van der Waals surface area contributed by atoms with Gasteiger partial charge in [0.1, 0.15) is 11.6 Å². The zero-order valence-electron chi connectivity index (χ0n) is 12.3. The normalized spacial score (nSPS) is 10.2. The maximum absolute atomic E-state index is 11.2. The molecule has 0 atom stereocenters. The van der Waals surface area contributed by atoms with Crippen LogP contribution in [-0.4, -0.2) is 30.2 Å². The topological polar surface area (TPSA) is 62.7 Å². The van der Waals surface area contributed by atoms with Crippen LogP contribution in [0.25, 0.3) is 0 Å². The second-order valence-corrected chi connectivity index (χ2v) is 4.62. The minimum atomic E-state index is -0.948. The third kappa shape index (κ3) is 3.31. The highest BCUT2D eigenvalue weighted by Crippen LogP contribution is 2.25. The molecule has 1 aromatic heterocycles. The number of aromatic nitrogens is 1. The molecule has 0 aliphatic rings. The Kier molecular flexibility index (Phi) is 4.42. The molecule has 110 valence electrons. The Morgan fingerprint density at radius 1 is 1.29 bits per heavy atom. The molecule has 5 nitrogen and oxygen atoms in total. The van der Waals surface area contributed by atoms with Crippen LogP contribution in [0.4, 0.5) is 11.5 Å². The van der Waals surface area contributed by atoms with Crippen LogP contribution in [0, 0.1) is 0 Å². The number of aryl methyl sites for hydroxylation is 1. The molecule has 2 rings (SSSR count). The summed E-state index contributed by atoms with van der Waals surface area (Å²) in [5, 5.41) is 9.19. The summed E-state index contributed by atoms with van der Waals surface area (Å²) in [6, 6.07) is 10.7. The van der Waals surface area contributed by atoms with Crippen molar-refractivity contribution in [3.05, 3.63) is 47.7 Å². The second-order valence-electron chi connectivity index (χ2n) is 4.62. The molecule has 0 aliphatic carbocycles. The van der Waals surface area contributed by atoms with E-state index in [4.69, 9.17) is 4.74 Å². The van der Waals surface area contributed by atoms with E-state index in [0.29, 0.717) is 12.2 Å². The lowest BCUT2D eigenvalue weighted by Gasteiger charge is -2.19. The van der Waals surface area contributed by atoms with E-state index in [1.54, 1.807) is 19.2 Å². The lowest BCUT2D eigenvalue weighted by Crippen LogP contribution is -2.13. The van der Waals surface area contributed by atoms with E-state index in [0.717, 1.165) is 17.1 Å². The summed E-state index contributed by atoms with van der Waals surface area (Å²) >= 11 is 0. The third-order valence-electron chi connectivity index (χ3n) is 3.28. The average Bonchev–Trinajstić information content (AvgIpc) is 2.53. The molecule has 5 heteroatoms. The van der Waals surface area contributed by atoms with Crippen molar-refractivity contribution in [2.24, 2.45) is 0 Å². The molecule has 1 heterocycles. The number of carboxylic acids is 1. The smallest absolute Gasteiger partial charge is 0.335 e. The van der Waals surface area contributed by atoms with Crippen LogP contribution in [-0.2, 0) is 6.42 Å². The van der Waals surface area contributed by atoms with Gasteiger partial charge in [-0.2, -0.15) is 0 Å². The predicted octanol–water partition coefficient (Wildman–Crippen LogP) is 3.12. The Labute approximate surface area is 123 Å². The molecule has 1 N–H and O–H groups in total. The summed E-state index contributed by atoms with van der Waals surface area (Å²) < 4.78 is 5.13. The Morgan fingerprint density at radius 2 is 1.95 bits per heavy atom. The first-order valence-electron chi connectivity index (χ1n) is 6.67. The number of nitrogens with zero attached hydrogens (tertiary/aromatic N) is 2. The highest BCUT2D eigenvalue weighted by atomic mass is 16.5. The molecular formula is C16H18N2O3. The van der Waals surface area contributed by atoms with Crippen molar-refractivity contribution in [3.63, 3.8) is 0 Å². The van der Waals surface area contributed by atoms with Crippen LogP contribution >= 0.6 is 0 Å². The highest BCUT2D eigenvalue weighted by Gasteiger charge is 2.12. The van der Waals surface area contributed by atoms with Gasteiger partial charge in [0.05, 0.1) is 12.7 Å². The number of aromatic carboxylic acids is 1. The van der Waals surface area contributed by atoms with E-state index in [1.165, 1.54) is 0 Å². The van der Waals surface area contributed by atoms with Crippen LogP contribution in [0.2, 0.25) is 0 Å². The number of anilines is 2. The van der Waals surface area contributed by atoms with Gasteiger partial charge in [0, 0.05) is 18.4 Å². The largest absolute Gasteiger partial charge is 0.497 e. The molecule has 0 radical (unpaired) electrons. The Hall–Kier alpha value is -2.56. The highest BCUT2D eigenvalue weighted by molar-refractivity contribution is 5.89. The van der Waals surface area contributed by atoms with Crippen molar-refractivity contribution in [2.75, 3.05) is 19.1 Å². The molecule has 2 aromatic rings. The summed E-state index contributed by atoms with van der Waals surface area (Å²) in [4.78, 5) is 17.5. The summed E-state index contributed by atoms with van der Waals surface area (Å²) in [6.45, 7) is 1.95. The molecule has 0 bridgehead atoms. The zero-order valence-corrected chi connectivity index (χ0v) is 12.3. The standard InChI is InChI=1S/C16H18N2O3/c1-4-12-9-11(16(19)20)10-15(17-12)18(2)13-5-7-14(21-3)8-6-13/h5-10H,4H2,1-3H3,(H,19,20). The SMILES string of the molecule is CCc1cc(C(=O)O)cc(N(C)c2ccc(OC)cc2)n1. The van der Waals surface area contributed by atoms with Crippen LogP contribution in [0.15, 0.2) is 36.4 Å². The molecule has 0 fully saturated rings. The minimum Gasteiger partial charge on any atom is -0.497 e. The fourth-order valence-electron chi connectivity index (χ4n) is 1.99. The Bertz CT molecular complexity index is 638. The number of benzene rings is 1. The Morgan fingerprint density at radius 3 is 2.48 bits per heavy atom. The van der Waals surface area contributed by atoms with Gasteiger partial charge in [-0.15, -0.1) is 0 Å². The number of ether oxygens (including phenoxy) is 1. The minimum absolute atomic E-state index is 0.247. The van der Waals surface area contributed by atoms with Gasteiger partial charge in [0.2, 0.25) is 0 Å². The first-order valence-corrected chi connectivity index (χ1v) is 6.67. The fourth-order valence-corrected chi connectivity index (χ4v) is 1.99. The monoisotopic (exact) mass is 286 g/mol. The lowest BCUT2D eigenvalue weighted by atomic mass is 10.2. The molecule has 21 heavy (non-hydrogen) atoms. The fraction of sp³-hybridized carbons (Fsp3) is 0.250. The molecule has 0 spiro atoms. The molecular weight excluding hydrogens is 268 g/mol. The van der Waals surface area contributed by atoms with Gasteiger partial charge >= 0.3 is 5.97 Å². The number of carboxylic acid groups (broad SMARTS) is 1. The van der Waals surface area contributed by atoms with Crippen molar-refractivity contribution in [2.45, 2.75) is 13.3 Å². The van der Waals surface area contributed by atoms with E-state index in [1.807, 2.05) is 43.1 Å². The number of hydrogen-bond donors (Lipinski definition) is 1. The van der Waals surface area contributed by atoms with Gasteiger partial charge in [0.15, 0.2) is 0 Å². The van der Waals surface area contributed by atoms with Crippen molar-refractivity contribution in [3.8, 4) is 5.75 Å². The summed E-state index contributed by atoms with van der Waals surface area (Å²) in [6.07, 6.45) is 0.685. The molecule has 0 aliphatic heterocycles. The Balaban J connectivity index is 2.38. The van der Waals surface area contributed by atoms with Gasteiger partial charge in [-0.1, -0.05) is 6.92 Å². The first-order chi connectivity index (χ1) is 10.0. The van der Waals surface area contributed by atoms with Crippen LogP contribution < -0.4 is 9.64 Å². The maximum atomic E-state index is 11.2. The van der Waals surface area contributed by atoms with Gasteiger partial charge in [0.25, 0.3) is 0 Å². The second kappa shape index (κ2) is 6.26. The van der Waals surface area contributed by atoms with Gasteiger partial charge < -0.3 is 14.7 Å².